The molecule has 0 radical (unpaired) electrons. The van der Waals surface area contributed by atoms with E-state index >= 15 is 0 Å². The van der Waals surface area contributed by atoms with Gasteiger partial charge in [0, 0.05) is 39.7 Å². The minimum Gasteiger partial charge on any atom is -0.206 e. The van der Waals surface area contributed by atoms with Gasteiger partial charge in [0.25, 0.3) is 0 Å². The minimum absolute atomic E-state index is 0.190. The van der Waals surface area contributed by atoms with Crippen LogP contribution in [0.15, 0.2) is 97.1 Å². The molecule has 0 aliphatic rings. The Kier molecular flexibility index (Phi) is 13.1. The van der Waals surface area contributed by atoms with Gasteiger partial charge in [-0.05, 0) is 292 Å². The van der Waals surface area contributed by atoms with Crippen LogP contribution < -0.4 is 0 Å². The predicted molar refractivity (Wildman–Crippen MR) is 259 cm³/mol. The third-order valence-electron chi connectivity index (χ3n) is 7.59. The summed E-state index contributed by atoms with van der Waals surface area (Å²) in [7, 11) is 0. The smallest absolute Gasteiger partial charge is 0.136 e. The van der Waals surface area contributed by atoms with E-state index in [9.17, 15) is 8.78 Å². The average molecular weight is 1520 g/mol. The Morgan fingerprint density at radius 3 is 0.979 bits per heavy atom. The molecule has 0 amide bonds. The molecule has 0 unspecified atom stereocenters. The number of rotatable bonds is 6. The summed E-state index contributed by atoms with van der Waals surface area (Å²) >= 11 is 18.7. The Balaban J connectivity index is 1.25. The molecule has 0 spiro atoms. The molecule has 6 aromatic carbocycles. The highest BCUT2D eigenvalue weighted by Gasteiger charge is 2.16. The zero-order chi connectivity index (χ0) is 33.6. The SMILES string of the molecule is Fc1ccc(-c2ccc(-c3c(I)cc(Cc4cc(I)c(-c5ccc(-c6ccc(F)c(I)c6)c(I)c5)c(I)c4)cc3I)cc2I)cc1I. The Hall–Kier alpha value is 1.02. The van der Waals surface area contributed by atoms with Crippen molar-refractivity contribution >= 4 is 181 Å². The van der Waals surface area contributed by atoms with Gasteiger partial charge in [-0.25, -0.2) is 8.78 Å². The molecule has 0 saturated heterocycles. The summed E-state index contributed by atoms with van der Waals surface area (Å²) in [4.78, 5) is 0. The fourth-order valence-electron chi connectivity index (χ4n) is 5.38. The molecule has 0 aliphatic heterocycles. The highest BCUT2D eigenvalue weighted by molar-refractivity contribution is 14.1. The topological polar surface area (TPSA) is 0 Å². The molecule has 47 heavy (non-hydrogen) atoms. The largest absolute Gasteiger partial charge is 0.206 e. The molecular weight excluding hydrogens is 1500 g/mol. The van der Waals surface area contributed by atoms with Crippen molar-refractivity contribution in [2.24, 2.45) is 0 Å². The summed E-state index contributed by atoms with van der Waals surface area (Å²) in [5.74, 6) is -0.381. The number of benzene rings is 6. The van der Waals surface area contributed by atoms with Crippen LogP contribution in [0.4, 0.5) is 8.78 Å². The van der Waals surface area contributed by atoms with Crippen LogP contribution >= 0.6 is 181 Å². The van der Waals surface area contributed by atoms with Gasteiger partial charge in [-0.1, -0.05) is 36.4 Å². The van der Waals surface area contributed by atoms with Gasteiger partial charge in [0.15, 0.2) is 0 Å². The minimum atomic E-state index is -0.190. The second kappa shape index (κ2) is 16.4. The van der Waals surface area contributed by atoms with Gasteiger partial charge in [0.2, 0.25) is 0 Å². The normalized spacial score (nSPS) is 11.3. The van der Waals surface area contributed by atoms with E-state index in [-0.39, 0.29) is 11.6 Å². The van der Waals surface area contributed by atoms with E-state index in [1.165, 1.54) is 59.8 Å². The summed E-state index contributed by atoms with van der Waals surface area (Å²) in [5, 5.41) is 0. The van der Waals surface area contributed by atoms with Gasteiger partial charge in [-0.3, -0.25) is 0 Å². The first-order valence-corrected chi connectivity index (χ1v) is 22.5. The van der Waals surface area contributed by atoms with E-state index in [1.807, 2.05) is 69.4 Å². The molecular formula is C37H18F2I8. The van der Waals surface area contributed by atoms with Crippen LogP contribution in [0.5, 0.6) is 0 Å². The van der Waals surface area contributed by atoms with Crippen LogP contribution in [0.3, 0.4) is 0 Å². The first kappa shape index (κ1) is 37.8. The van der Waals surface area contributed by atoms with Crippen LogP contribution in [-0.2, 0) is 6.42 Å². The molecule has 10 heteroatoms. The zero-order valence-electron chi connectivity index (χ0n) is 23.7. The summed E-state index contributed by atoms with van der Waals surface area (Å²) in [6.07, 6.45) is 0.845. The Morgan fingerprint density at radius 1 is 0.340 bits per heavy atom. The van der Waals surface area contributed by atoms with E-state index in [0.717, 1.165) is 35.8 Å². The van der Waals surface area contributed by atoms with Gasteiger partial charge in [-0.2, -0.15) is 0 Å². The Morgan fingerprint density at radius 2 is 0.660 bits per heavy atom. The van der Waals surface area contributed by atoms with Gasteiger partial charge >= 0.3 is 0 Å². The first-order chi connectivity index (χ1) is 22.4. The summed E-state index contributed by atoms with van der Waals surface area (Å²) in [6.45, 7) is 0. The first-order valence-electron chi connectivity index (χ1n) is 13.9. The number of hydrogen-bond donors (Lipinski definition) is 0. The van der Waals surface area contributed by atoms with Gasteiger partial charge in [0.1, 0.15) is 11.6 Å². The monoisotopic (exact) mass is 1520 g/mol. The zero-order valence-corrected chi connectivity index (χ0v) is 41.0. The van der Waals surface area contributed by atoms with Crippen LogP contribution in [0.25, 0.3) is 44.5 Å². The van der Waals surface area contributed by atoms with Crippen molar-refractivity contribution < 1.29 is 8.78 Å². The summed E-state index contributed by atoms with van der Waals surface area (Å²) in [6, 6.07) is 32.8. The molecule has 0 aromatic heterocycles. The second-order valence-electron chi connectivity index (χ2n) is 10.7. The lowest BCUT2D eigenvalue weighted by Gasteiger charge is -2.15. The molecule has 0 fully saturated rings. The maximum atomic E-state index is 13.9. The lowest BCUT2D eigenvalue weighted by molar-refractivity contribution is 0.620. The summed E-state index contributed by atoms with van der Waals surface area (Å²) < 4.78 is 36.1. The molecule has 0 nitrogen and oxygen atoms in total. The fourth-order valence-corrected chi connectivity index (χ4v) is 13.1. The van der Waals surface area contributed by atoms with Crippen molar-refractivity contribution in [1.82, 2.24) is 0 Å². The van der Waals surface area contributed by atoms with Gasteiger partial charge in [-0.15, -0.1) is 0 Å². The van der Waals surface area contributed by atoms with Crippen molar-refractivity contribution in [3.05, 3.63) is 148 Å². The Bertz CT molecular complexity index is 1990. The van der Waals surface area contributed by atoms with Crippen LogP contribution in [-0.4, -0.2) is 0 Å². The van der Waals surface area contributed by atoms with Gasteiger partial charge in [0.05, 0.1) is 0 Å². The van der Waals surface area contributed by atoms with Crippen molar-refractivity contribution in [2.45, 2.75) is 6.42 Å². The average Bonchev–Trinajstić information content (AvgIpc) is 3.00. The van der Waals surface area contributed by atoms with Crippen LogP contribution in [0.2, 0.25) is 0 Å². The number of hydrogen-bond acceptors (Lipinski definition) is 0. The molecule has 6 aromatic rings. The molecule has 0 bridgehead atoms. The summed E-state index contributed by atoms with van der Waals surface area (Å²) in [5.41, 5.74) is 11.6. The van der Waals surface area contributed by atoms with Crippen molar-refractivity contribution in [2.75, 3.05) is 0 Å². The molecule has 0 heterocycles. The lowest BCUT2D eigenvalue weighted by atomic mass is 9.96. The fraction of sp³-hybridized carbons (Fsp3) is 0.0270. The maximum Gasteiger partial charge on any atom is 0.136 e. The highest BCUT2D eigenvalue weighted by atomic mass is 127. The van der Waals surface area contributed by atoms with Crippen molar-refractivity contribution in [3.8, 4) is 44.5 Å². The molecule has 0 saturated carbocycles. The van der Waals surface area contributed by atoms with E-state index < -0.39 is 0 Å². The third kappa shape index (κ3) is 8.64. The van der Waals surface area contributed by atoms with Crippen LogP contribution in [0.1, 0.15) is 11.1 Å². The highest BCUT2D eigenvalue weighted by Crippen LogP contribution is 2.38. The van der Waals surface area contributed by atoms with E-state index in [1.54, 1.807) is 0 Å². The molecule has 236 valence electrons. The van der Waals surface area contributed by atoms with Crippen molar-refractivity contribution in [1.29, 1.82) is 0 Å². The molecule has 0 N–H and O–H groups in total. The van der Waals surface area contributed by atoms with E-state index in [0.29, 0.717) is 7.14 Å². The molecule has 0 atom stereocenters. The van der Waals surface area contributed by atoms with Gasteiger partial charge < -0.3 is 0 Å². The standard InChI is InChI=1S/C37H18F2I8/c38-26-7-3-20(14-30(26)42)24-5-1-22(16-28(24)40)36-32(44)10-18(11-33(36)45)9-19-12-34(46)37(35(47)13-19)23-2-6-25(29(41)17-23)21-4-8-27(39)31(43)15-21/h1-8,10-17H,9H2. The lowest BCUT2D eigenvalue weighted by Crippen LogP contribution is -1.98. The van der Waals surface area contributed by atoms with E-state index in [2.05, 4.69) is 196 Å². The second-order valence-corrected chi connectivity index (χ2v) is 20.0. The quantitative estimate of drug-likeness (QED) is 0.146. The maximum absolute atomic E-state index is 13.9. The molecule has 6 rings (SSSR count). The van der Waals surface area contributed by atoms with Crippen molar-refractivity contribution in [3.63, 3.8) is 0 Å². The number of halogens is 10. The van der Waals surface area contributed by atoms with Crippen LogP contribution in [0, 0.1) is 40.2 Å². The third-order valence-corrected chi connectivity index (χ3v) is 14.4. The predicted octanol–water partition coefficient (Wildman–Crippen LogP) is 15.1. The van der Waals surface area contributed by atoms with E-state index in [4.69, 9.17) is 0 Å². The molecule has 0 aliphatic carbocycles. The Labute approximate surface area is 382 Å².